The first kappa shape index (κ1) is 17.0. The number of alkyl halides is 5. The number of ether oxygens (including phenoxy) is 1. The van der Waals surface area contributed by atoms with E-state index in [-0.39, 0.29) is 18.8 Å². The Bertz CT molecular complexity index is 500. The molecule has 0 radical (unpaired) electrons. The van der Waals surface area contributed by atoms with Gasteiger partial charge in [0.2, 0.25) is 0 Å². The Balaban J connectivity index is 2.46. The van der Waals surface area contributed by atoms with Gasteiger partial charge in [0.25, 0.3) is 6.43 Å². The Labute approximate surface area is 125 Å². The van der Waals surface area contributed by atoms with Crippen molar-refractivity contribution >= 4 is 0 Å². The van der Waals surface area contributed by atoms with Gasteiger partial charge >= 0.3 is 6.18 Å². The van der Waals surface area contributed by atoms with Gasteiger partial charge in [-0.1, -0.05) is 6.07 Å². The minimum atomic E-state index is -4.72. The van der Waals surface area contributed by atoms with Gasteiger partial charge in [0.1, 0.15) is 5.75 Å². The molecular formula is C14H17F5N2O. The van der Waals surface area contributed by atoms with Gasteiger partial charge in [-0.2, -0.15) is 13.2 Å². The van der Waals surface area contributed by atoms with Crippen LogP contribution in [0.1, 0.15) is 17.2 Å². The molecular weight excluding hydrogens is 307 g/mol. The van der Waals surface area contributed by atoms with Crippen molar-refractivity contribution in [2.24, 2.45) is 0 Å². The molecule has 1 atom stereocenters. The number of halogens is 5. The van der Waals surface area contributed by atoms with E-state index in [0.717, 1.165) is 12.1 Å². The molecule has 1 aromatic rings. The summed E-state index contributed by atoms with van der Waals surface area (Å²) in [6, 6.07) is 1.56. The van der Waals surface area contributed by atoms with Crippen molar-refractivity contribution in [2.45, 2.75) is 18.6 Å². The number of piperazine rings is 1. The molecule has 1 aliphatic rings. The molecule has 22 heavy (non-hydrogen) atoms. The summed E-state index contributed by atoms with van der Waals surface area (Å²) in [7, 11) is 1.23. The topological polar surface area (TPSA) is 24.5 Å². The van der Waals surface area contributed by atoms with Crippen LogP contribution in [0.5, 0.6) is 5.75 Å². The fourth-order valence-corrected chi connectivity index (χ4v) is 2.62. The Morgan fingerprint density at radius 1 is 1.18 bits per heavy atom. The van der Waals surface area contributed by atoms with E-state index in [2.05, 4.69) is 5.32 Å². The molecule has 1 fully saturated rings. The predicted molar refractivity (Wildman–Crippen MR) is 71.2 cm³/mol. The van der Waals surface area contributed by atoms with Crippen LogP contribution in [0.3, 0.4) is 0 Å². The fraction of sp³-hybridized carbons (Fsp3) is 0.571. The van der Waals surface area contributed by atoms with Gasteiger partial charge in [-0.05, 0) is 17.7 Å². The fourth-order valence-electron chi connectivity index (χ4n) is 2.62. The summed E-state index contributed by atoms with van der Waals surface area (Å²) < 4.78 is 71.4. The van der Waals surface area contributed by atoms with Gasteiger partial charge in [0.15, 0.2) is 0 Å². The van der Waals surface area contributed by atoms with Crippen molar-refractivity contribution in [3.63, 3.8) is 0 Å². The number of nitrogens with zero attached hydrogens (tertiary/aromatic N) is 1. The molecule has 1 aromatic carbocycles. The highest BCUT2D eigenvalue weighted by Crippen LogP contribution is 2.40. The third-order valence-electron chi connectivity index (χ3n) is 3.67. The van der Waals surface area contributed by atoms with E-state index in [0.29, 0.717) is 13.1 Å². The number of rotatable bonds is 4. The van der Waals surface area contributed by atoms with Crippen LogP contribution in [0, 0.1) is 0 Å². The summed E-state index contributed by atoms with van der Waals surface area (Å²) in [5.41, 5.74) is -1.49. The highest BCUT2D eigenvalue weighted by Gasteiger charge is 2.40. The van der Waals surface area contributed by atoms with Gasteiger partial charge in [0.05, 0.1) is 18.7 Å². The Morgan fingerprint density at radius 3 is 2.32 bits per heavy atom. The second-order valence-corrected chi connectivity index (χ2v) is 5.02. The molecule has 0 unspecified atom stereocenters. The first-order valence-corrected chi connectivity index (χ1v) is 6.82. The Kier molecular flexibility index (Phi) is 5.23. The second kappa shape index (κ2) is 6.78. The maximum atomic E-state index is 13.5. The number of hydrogen-bond donors (Lipinski definition) is 1. The predicted octanol–water partition coefficient (Wildman–Crippen LogP) is 2.93. The molecule has 1 saturated heterocycles. The average Bonchev–Trinajstić information content (AvgIpc) is 2.47. The summed E-state index contributed by atoms with van der Waals surface area (Å²) >= 11 is 0. The number of methoxy groups -OCH3 is 1. The maximum absolute atomic E-state index is 13.5. The minimum Gasteiger partial charge on any atom is -0.497 e. The molecule has 1 N–H and O–H groups in total. The van der Waals surface area contributed by atoms with Crippen LogP contribution in [-0.2, 0) is 6.18 Å². The Morgan fingerprint density at radius 2 is 1.82 bits per heavy atom. The molecule has 0 aromatic heterocycles. The molecule has 0 saturated carbocycles. The van der Waals surface area contributed by atoms with Crippen LogP contribution in [0.25, 0.3) is 0 Å². The first-order chi connectivity index (χ1) is 10.3. The summed E-state index contributed by atoms with van der Waals surface area (Å²) in [5, 5.41) is 2.99. The van der Waals surface area contributed by atoms with Crippen LogP contribution < -0.4 is 10.1 Å². The Hall–Kier alpha value is -1.41. The molecule has 1 heterocycles. The highest BCUT2D eigenvalue weighted by atomic mass is 19.4. The van der Waals surface area contributed by atoms with Crippen LogP contribution in [0.15, 0.2) is 18.2 Å². The second-order valence-electron chi connectivity index (χ2n) is 5.02. The number of benzene rings is 1. The summed E-state index contributed by atoms with van der Waals surface area (Å²) in [6.07, 6.45) is -7.63. The van der Waals surface area contributed by atoms with E-state index in [1.165, 1.54) is 18.1 Å². The molecule has 8 heteroatoms. The molecule has 2 rings (SSSR count). The van der Waals surface area contributed by atoms with Gasteiger partial charge in [-0.3, -0.25) is 4.90 Å². The lowest BCUT2D eigenvalue weighted by molar-refractivity contribution is -0.139. The van der Waals surface area contributed by atoms with E-state index < -0.39 is 29.8 Å². The van der Waals surface area contributed by atoms with E-state index in [4.69, 9.17) is 4.74 Å². The van der Waals surface area contributed by atoms with Crippen LogP contribution in [0.2, 0.25) is 0 Å². The van der Waals surface area contributed by atoms with E-state index in [1.807, 2.05) is 0 Å². The van der Waals surface area contributed by atoms with Gasteiger partial charge < -0.3 is 10.1 Å². The molecule has 0 bridgehead atoms. The average molecular weight is 324 g/mol. The first-order valence-electron chi connectivity index (χ1n) is 6.82. The van der Waals surface area contributed by atoms with Crippen LogP contribution in [0.4, 0.5) is 22.0 Å². The SMILES string of the molecule is COc1ccc([C@H](C(F)F)N2CCNCC2)c(C(F)(F)F)c1. The summed E-state index contributed by atoms with van der Waals surface area (Å²) in [5.74, 6) is -0.00981. The van der Waals surface area contributed by atoms with Crippen molar-refractivity contribution in [1.29, 1.82) is 0 Å². The largest absolute Gasteiger partial charge is 0.497 e. The number of nitrogens with one attached hydrogen (secondary N) is 1. The van der Waals surface area contributed by atoms with Crippen molar-refractivity contribution in [3.05, 3.63) is 29.3 Å². The minimum absolute atomic E-state index is 0.00981. The van der Waals surface area contributed by atoms with Crippen LogP contribution in [-0.4, -0.2) is 44.6 Å². The van der Waals surface area contributed by atoms with Crippen molar-refractivity contribution in [2.75, 3.05) is 33.3 Å². The van der Waals surface area contributed by atoms with Crippen molar-refractivity contribution in [3.8, 4) is 5.75 Å². The smallest absolute Gasteiger partial charge is 0.416 e. The van der Waals surface area contributed by atoms with E-state index in [9.17, 15) is 22.0 Å². The van der Waals surface area contributed by atoms with E-state index >= 15 is 0 Å². The van der Waals surface area contributed by atoms with Crippen LogP contribution >= 0.6 is 0 Å². The zero-order chi connectivity index (χ0) is 16.3. The van der Waals surface area contributed by atoms with Crippen molar-refractivity contribution in [1.82, 2.24) is 10.2 Å². The standard InChI is InChI=1S/C14H17F5N2O/c1-22-9-2-3-10(11(8-9)14(17,18)19)12(13(15)16)21-6-4-20-5-7-21/h2-3,8,12-13,20H,4-7H2,1H3/t12-/m1/s1. The quantitative estimate of drug-likeness (QED) is 0.862. The van der Waals surface area contributed by atoms with Gasteiger partial charge in [-0.25, -0.2) is 8.78 Å². The van der Waals surface area contributed by atoms with Gasteiger partial charge in [-0.15, -0.1) is 0 Å². The zero-order valence-corrected chi connectivity index (χ0v) is 12.0. The lowest BCUT2D eigenvalue weighted by atomic mass is 9.97. The molecule has 0 amide bonds. The normalized spacial score (nSPS) is 18.5. The van der Waals surface area contributed by atoms with E-state index in [1.54, 1.807) is 0 Å². The third-order valence-corrected chi connectivity index (χ3v) is 3.67. The zero-order valence-electron chi connectivity index (χ0n) is 12.0. The lowest BCUT2D eigenvalue weighted by Gasteiger charge is -2.35. The summed E-state index contributed by atoms with van der Waals surface area (Å²) in [4.78, 5) is 1.39. The number of hydrogen-bond acceptors (Lipinski definition) is 3. The maximum Gasteiger partial charge on any atom is 0.416 e. The molecule has 3 nitrogen and oxygen atoms in total. The highest BCUT2D eigenvalue weighted by molar-refractivity contribution is 5.39. The lowest BCUT2D eigenvalue weighted by Crippen LogP contribution is -2.47. The molecule has 124 valence electrons. The molecule has 1 aliphatic heterocycles. The summed E-state index contributed by atoms with van der Waals surface area (Å²) in [6.45, 7) is 1.50. The van der Waals surface area contributed by atoms with Crippen molar-refractivity contribution < 1.29 is 26.7 Å². The van der Waals surface area contributed by atoms with Gasteiger partial charge in [0, 0.05) is 26.2 Å². The monoisotopic (exact) mass is 324 g/mol. The molecule has 0 aliphatic carbocycles. The molecule has 0 spiro atoms. The third kappa shape index (κ3) is 3.67.